The maximum absolute atomic E-state index is 13.8. The van der Waals surface area contributed by atoms with E-state index >= 15 is 0 Å². The average Bonchev–Trinajstić information content (AvgIpc) is 2.76. The second kappa shape index (κ2) is 8.76. The van der Waals surface area contributed by atoms with Crippen molar-refractivity contribution in [2.75, 3.05) is 13.7 Å². The molecule has 3 aromatic carbocycles. The Hall–Kier alpha value is -2.70. The number of benzene rings is 3. The van der Waals surface area contributed by atoms with Crippen molar-refractivity contribution in [2.24, 2.45) is 5.92 Å². The van der Waals surface area contributed by atoms with Gasteiger partial charge in [-0.25, -0.2) is 8.78 Å². The molecule has 0 radical (unpaired) electrons. The molecule has 1 nitrogen and oxygen atoms in total. The molecule has 4 rings (SSSR count). The van der Waals surface area contributed by atoms with Crippen LogP contribution in [0.3, 0.4) is 0 Å². The molecule has 1 fully saturated rings. The number of fused-ring (bicyclic) bond motifs is 1. The molecule has 0 unspecified atom stereocenters. The van der Waals surface area contributed by atoms with E-state index in [0.29, 0.717) is 17.2 Å². The minimum absolute atomic E-state index is 0.278. The summed E-state index contributed by atoms with van der Waals surface area (Å²) in [6.45, 7) is 0.873. The van der Waals surface area contributed by atoms with E-state index in [4.69, 9.17) is 4.74 Å². The molecule has 0 N–H and O–H groups in total. The van der Waals surface area contributed by atoms with Gasteiger partial charge in [0.1, 0.15) is 0 Å². The van der Waals surface area contributed by atoms with Gasteiger partial charge in [0, 0.05) is 30.2 Å². The fourth-order valence-electron chi connectivity index (χ4n) is 4.22. The maximum atomic E-state index is 13.8. The lowest BCUT2D eigenvalue weighted by molar-refractivity contribution is 0.127. The Morgan fingerprint density at radius 3 is 2.28 bits per heavy atom. The molecule has 0 aromatic heterocycles. The van der Waals surface area contributed by atoms with Gasteiger partial charge in [-0.05, 0) is 78.8 Å². The van der Waals surface area contributed by atoms with Crippen LogP contribution in [0, 0.1) is 29.4 Å². The molecule has 148 valence electrons. The van der Waals surface area contributed by atoms with Gasteiger partial charge in [-0.3, -0.25) is 0 Å². The fraction of sp³-hybridized carbons (Fsp3) is 0.308. The van der Waals surface area contributed by atoms with Crippen LogP contribution in [-0.4, -0.2) is 13.7 Å². The average molecular weight is 390 g/mol. The Labute approximate surface area is 170 Å². The minimum Gasteiger partial charge on any atom is -0.384 e. The van der Waals surface area contributed by atoms with Crippen molar-refractivity contribution in [3.63, 3.8) is 0 Å². The smallest absolute Gasteiger partial charge is 0.166 e. The summed E-state index contributed by atoms with van der Waals surface area (Å²) in [4.78, 5) is 0. The lowest BCUT2D eigenvalue weighted by Crippen LogP contribution is -2.17. The molecular weight excluding hydrogens is 366 g/mol. The highest BCUT2D eigenvalue weighted by Gasteiger charge is 2.22. The van der Waals surface area contributed by atoms with E-state index in [2.05, 4.69) is 36.1 Å². The molecule has 1 aliphatic carbocycles. The topological polar surface area (TPSA) is 9.23 Å². The van der Waals surface area contributed by atoms with Crippen LogP contribution in [0.2, 0.25) is 0 Å². The zero-order chi connectivity index (χ0) is 20.2. The molecule has 1 aliphatic rings. The molecule has 0 atom stereocenters. The van der Waals surface area contributed by atoms with Gasteiger partial charge >= 0.3 is 0 Å². The molecular formula is C26H24F2O. The molecule has 29 heavy (non-hydrogen) atoms. The predicted octanol–water partition coefficient (Wildman–Crippen LogP) is 6.44. The van der Waals surface area contributed by atoms with E-state index in [-0.39, 0.29) is 5.39 Å². The van der Waals surface area contributed by atoms with Gasteiger partial charge in [-0.15, -0.1) is 0 Å². The summed E-state index contributed by atoms with van der Waals surface area (Å²) < 4.78 is 32.4. The first-order valence-corrected chi connectivity index (χ1v) is 10.1. The van der Waals surface area contributed by atoms with Gasteiger partial charge in [0.2, 0.25) is 0 Å². The molecule has 1 saturated carbocycles. The van der Waals surface area contributed by atoms with Crippen LogP contribution in [0.1, 0.15) is 48.3 Å². The number of rotatable bonds is 3. The fourth-order valence-corrected chi connectivity index (χ4v) is 4.22. The van der Waals surface area contributed by atoms with Crippen LogP contribution in [0.4, 0.5) is 8.78 Å². The van der Waals surface area contributed by atoms with E-state index in [9.17, 15) is 8.78 Å². The zero-order valence-corrected chi connectivity index (χ0v) is 16.6. The summed E-state index contributed by atoms with van der Waals surface area (Å²) in [6.07, 6.45) is 4.89. The van der Waals surface area contributed by atoms with Crippen LogP contribution in [-0.2, 0) is 4.74 Å². The van der Waals surface area contributed by atoms with Crippen molar-refractivity contribution in [3.05, 3.63) is 82.9 Å². The van der Waals surface area contributed by atoms with Crippen molar-refractivity contribution >= 4 is 10.8 Å². The van der Waals surface area contributed by atoms with Crippen molar-refractivity contribution in [1.82, 2.24) is 0 Å². The van der Waals surface area contributed by atoms with Gasteiger partial charge in [0.25, 0.3) is 0 Å². The van der Waals surface area contributed by atoms with Gasteiger partial charge in [0.15, 0.2) is 11.6 Å². The lowest BCUT2D eigenvalue weighted by Gasteiger charge is -2.28. The van der Waals surface area contributed by atoms with Crippen LogP contribution in [0.5, 0.6) is 0 Å². The minimum atomic E-state index is -0.830. The van der Waals surface area contributed by atoms with E-state index in [1.807, 2.05) is 0 Å². The van der Waals surface area contributed by atoms with Crippen molar-refractivity contribution in [3.8, 4) is 11.8 Å². The maximum Gasteiger partial charge on any atom is 0.166 e. The van der Waals surface area contributed by atoms with Gasteiger partial charge in [0.05, 0.1) is 0 Å². The van der Waals surface area contributed by atoms with E-state index in [1.165, 1.54) is 31.2 Å². The number of methoxy groups -OCH3 is 1. The standard InChI is InChI=1S/C26H24F2O/c1-29-17-20-6-11-22(12-7-20)21-9-4-18(5-10-21)2-3-19-8-14-24-23(16-19)13-15-25(27)26(24)28/h4-5,8-10,13-16,20,22H,6-7,11-12,17H2,1H3. The molecule has 0 amide bonds. The van der Waals surface area contributed by atoms with Gasteiger partial charge in [-0.1, -0.05) is 36.1 Å². The van der Waals surface area contributed by atoms with Crippen molar-refractivity contribution in [1.29, 1.82) is 0 Å². The molecule has 0 aliphatic heterocycles. The Morgan fingerprint density at radius 1 is 0.862 bits per heavy atom. The highest BCUT2D eigenvalue weighted by molar-refractivity contribution is 5.84. The Morgan fingerprint density at radius 2 is 1.55 bits per heavy atom. The van der Waals surface area contributed by atoms with E-state index < -0.39 is 11.6 Å². The highest BCUT2D eigenvalue weighted by atomic mass is 19.2. The predicted molar refractivity (Wildman–Crippen MR) is 113 cm³/mol. The third kappa shape index (κ3) is 4.49. The largest absolute Gasteiger partial charge is 0.384 e. The van der Waals surface area contributed by atoms with E-state index in [1.54, 1.807) is 31.4 Å². The lowest BCUT2D eigenvalue weighted by atomic mass is 9.79. The third-order valence-corrected chi connectivity index (χ3v) is 5.89. The number of hydrogen-bond acceptors (Lipinski definition) is 1. The van der Waals surface area contributed by atoms with Crippen LogP contribution in [0.25, 0.3) is 10.8 Å². The number of ether oxygens (including phenoxy) is 1. The second-order valence-electron chi connectivity index (χ2n) is 7.84. The molecule has 0 saturated heterocycles. The molecule has 3 aromatic rings. The molecule has 0 bridgehead atoms. The molecule has 0 spiro atoms. The van der Waals surface area contributed by atoms with Crippen LogP contribution in [0.15, 0.2) is 54.6 Å². The summed E-state index contributed by atoms with van der Waals surface area (Å²) in [5.74, 6) is 5.98. The number of halogens is 2. The van der Waals surface area contributed by atoms with Gasteiger partial charge < -0.3 is 4.74 Å². The second-order valence-corrected chi connectivity index (χ2v) is 7.84. The normalized spacial score (nSPS) is 19.0. The molecule has 0 heterocycles. The van der Waals surface area contributed by atoms with Gasteiger partial charge in [-0.2, -0.15) is 0 Å². The van der Waals surface area contributed by atoms with Crippen molar-refractivity contribution in [2.45, 2.75) is 31.6 Å². The first kappa shape index (κ1) is 19.6. The Bertz CT molecular complexity index is 1050. The quantitative estimate of drug-likeness (QED) is 0.468. The SMILES string of the molecule is COCC1CCC(c2ccc(C#Cc3ccc4c(F)c(F)ccc4c3)cc2)CC1. The molecule has 3 heteroatoms. The van der Waals surface area contributed by atoms with Crippen LogP contribution < -0.4 is 0 Å². The summed E-state index contributed by atoms with van der Waals surface area (Å²) in [7, 11) is 1.78. The summed E-state index contributed by atoms with van der Waals surface area (Å²) >= 11 is 0. The summed E-state index contributed by atoms with van der Waals surface area (Å²) in [5.41, 5.74) is 3.12. The first-order chi connectivity index (χ1) is 14.1. The summed E-state index contributed by atoms with van der Waals surface area (Å²) in [6, 6.07) is 16.3. The van der Waals surface area contributed by atoms with Crippen molar-refractivity contribution < 1.29 is 13.5 Å². The third-order valence-electron chi connectivity index (χ3n) is 5.89. The van der Waals surface area contributed by atoms with Crippen LogP contribution >= 0.6 is 0 Å². The van der Waals surface area contributed by atoms with E-state index in [0.717, 1.165) is 23.8 Å². The highest BCUT2D eigenvalue weighted by Crippen LogP contribution is 2.35. The summed E-state index contributed by atoms with van der Waals surface area (Å²) in [5, 5.41) is 0.926. The Kier molecular flexibility index (Phi) is 5.92. The Balaban J connectivity index is 1.45. The number of hydrogen-bond donors (Lipinski definition) is 0. The monoisotopic (exact) mass is 390 g/mol. The first-order valence-electron chi connectivity index (χ1n) is 10.1. The zero-order valence-electron chi connectivity index (χ0n) is 16.6.